The van der Waals surface area contributed by atoms with Gasteiger partial charge < -0.3 is 20.7 Å². The predicted octanol–water partition coefficient (Wildman–Crippen LogP) is 1.38. The summed E-state index contributed by atoms with van der Waals surface area (Å²) in [4.78, 5) is 13.9. The predicted molar refractivity (Wildman–Crippen MR) is 82.2 cm³/mol. The third kappa shape index (κ3) is 5.48. The maximum Gasteiger partial charge on any atom is 0.239 e. The Morgan fingerprint density at radius 2 is 2.25 bits per heavy atom. The molecule has 112 valence electrons. The molecule has 0 saturated carbocycles. The molecule has 1 amide bonds. The molecule has 0 fully saturated rings. The number of rotatable bonds is 9. The van der Waals surface area contributed by atoms with Crippen molar-refractivity contribution in [2.24, 2.45) is 5.73 Å². The van der Waals surface area contributed by atoms with Gasteiger partial charge in [-0.05, 0) is 31.5 Å². The van der Waals surface area contributed by atoms with E-state index in [-0.39, 0.29) is 5.91 Å². The molecule has 0 bridgehead atoms. The topological polar surface area (TPSA) is 67.6 Å². The molecule has 5 heteroatoms. The summed E-state index contributed by atoms with van der Waals surface area (Å²) in [5, 5.41) is 2.89. The second kappa shape index (κ2) is 9.20. The molecule has 0 unspecified atom stereocenters. The van der Waals surface area contributed by atoms with E-state index in [2.05, 4.69) is 5.32 Å². The number of methoxy groups -OCH3 is 1. The zero-order chi connectivity index (χ0) is 14.8. The van der Waals surface area contributed by atoms with Crippen LogP contribution in [0.5, 0.6) is 5.75 Å². The fraction of sp³-hybridized carbons (Fsp3) is 0.533. The summed E-state index contributed by atoms with van der Waals surface area (Å²) in [5.41, 5.74) is 6.55. The molecule has 0 aliphatic rings. The molecule has 1 rings (SSSR count). The van der Waals surface area contributed by atoms with Gasteiger partial charge in [0.15, 0.2) is 0 Å². The standard InChI is InChI=1S/C15H25N3O2/c1-3-9-17-15(19)12-18(10-5-8-16)13-6-4-7-14(11-13)20-2/h4,6-7,11H,3,5,8-10,12,16H2,1-2H3,(H,17,19). The Morgan fingerprint density at radius 1 is 1.45 bits per heavy atom. The van der Waals surface area contributed by atoms with Crippen molar-refractivity contribution in [3.63, 3.8) is 0 Å². The van der Waals surface area contributed by atoms with Gasteiger partial charge in [0.1, 0.15) is 5.75 Å². The molecule has 0 saturated heterocycles. The normalized spacial score (nSPS) is 10.2. The molecular weight excluding hydrogens is 254 g/mol. The van der Waals surface area contributed by atoms with E-state index in [9.17, 15) is 4.79 Å². The third-order valence-corrected chi connectivity index (χ3v) is 2.96. The van der Waals surface area contributed by atoms with Crippen molar-refractivity contribution < 1.29 is 9.53 Å². The SMILES string of the molecule is CCCNC(=O)CN(CCCN)c1cccc(OC)c1. The number of carbonyl (C=O) groups is 1. The lowest BCUT2D eigenvalue weighted by molar-refractivity contribution is -0.119. The third-order valence-electron chi connectivity index (χ3n) is 2.96. The Morgan fingerprint density at radius 3 is 2.90 bits per heavy atom. The fourth-order valence-electron chi connectivity index (χ4n) is 1.88. The van der Waals surface area contributed by atoms with Crippen LogP contribution in [0.15, 0.2) is 24.3 Å². The van der Waals surface area contributed by atoms with Crippen molar-refractivity contribution in [2.45, 2.75) is 19.8 Å². The molecular formula is C15H25N3O2. The van der Waals surface area contributed by atoms with E-state index in [1.807, 2.05) is 36.1 Å². The van der Waals surface area contributed by atoms with Gasteiger partial charge in [-0.1, -0.05) is 13.0 Å². The Balaban J connectivity index is 2.73. The maximum absolute atomic E-state index is 11.9. The van der Waals surface area contributed by atoms with Gasteiger partial charge in [0, 0.05) is 24.8 Å². The average molecular weight is 279 g/mol. The van der Waals surface area contributed by atoms with E-state index < -0.39 is 0 Å². The summed E-state index contributed by atoms with van der Waals surface area (Å²) < 4.78 is 5.23. The number of carbonyl (C=O) groups excluding carboxylic acids is 1. The number of nitrogens with two attached hydrogens (primary N) is 1. The molecule has 0 aliphatic carbocycles. The zero-order valence-electron chi connectivity index (χ0n) is 12.4. The number of nitrogens with zero attached hydrogens (tertiary/aromatic N) is 1. The first-order chi connectivity index (χ1) is 9.71. The molecule has 3 N–H and O–H groups in total. The Bertz CT molecular complexity index is 410. The Hall–Kier alpha value is -1.75. The molecule has 0 heterocycles. The molecule has 0 spiro atoms. The quantitative estimate of drug-likeness (QED) is 0.716. The van der Waals surface area contributed by atoms with Gasteiger partial charge in [-0.15, -0.1) is 0 Å². The molecule has 0 radical (unpaired) electrons. The monoisotopic (exact) mass is 279 g/mol. The summed E-state index contributed by atoms with van der Waals surface area (Å²) in [7, 11) is 1.64. The molecule has 0 aliphatic heterocycles. The highest BCUT2D eigenvalue weighted by molar-refractivity contribution is 5.81. The van der Waals surface area contributed by atoms with E-state index in [4.69, 9.17) is 10.5 Å². The Labute approximate surface area is 121 Å². The largest absolute Gasteiger partial charge is 0.497 e. The van der Waals surface area contributed by atoms with E-state index in [0.717, 1.165) is 30.8 Å². The van der Waals surface area contributed by atoms with Gasteiger partial charge >= 0.3 is 0 Å². The van der Waals surface area contributed by atoms with E-state index in [1.54, 1.807) is 7.11 Å². The smallest absolute Gasteiger partial charge is 0.239 e. The van der Waals surface area contributed by atoms with Gasteiger partial charge in [-0.3, -0.25) is 4.79 Å². The van der Waals surface area contributed by atoms with Crippen LogP contribution < -0.4 is 20.7 Å². The summed E-state index contributed by atoms with van der Waals surface area (Å²) in [6, 6.07) is 7.73. The van der Waals surface area contributed by atoms with Crippen LogP contribution in [0.1, 0.15) is 19.8 Å². The molecule has 1 aromatic rings. The van der Waals surface area contributed by atoms with Crippen LogP contribution in [0.4, 0.5) is 5.69 Å². The van der Waals surface area contributed by atoms with Crippen molar-refractivity contribution in [2.75, 3.05) is 38.2 Å². The van der Waals surface area contributed by atoms with Crippen molar-refractivity contribution in [1.82, 2.24) is 5.32 Å². The van der Waals surface area contributed by atoms with Gasteiger partial charge in [0.05, 0.1) is 13.7 Å². The number of hydrogen-bond donors (Lipinski definition) is 2. The van der Waals surface area contributed by atoms with Gasteiger partial charge in [0.25, 0.3) is 0 Å². The highest BCUT2D eigenvalue weighted by Gasteiger charge is 2.11. The molecule has 0 aromatic heterocycles. The van der Waals surface area contributed by atoms with E-state index in [0.29, 0.717) is 19.6 Å². The van der Waals surface area contributed by atoms with Crippen LogP contribution in [0.3, 0.4) is 0 Å². The second-order valence-electron chi connectivity index (χ2n) is 4.62. The van der Waals surface area contributed by atoms with Crippen LogP contribution in [0, 0.1) is 0 Å². The second-order valence-corrected chi connectivity index (χ2v) is 4.62. The summed E-state index contributed by atoms with van der Waals surface area (Å²) in [6.45, 7) is 4.45. The number of anilines is 1. The minimum Gasteiger partial charge on any atom is -0.497 e. The van der Waals surface area contributed by atoms with Crippen molar-refractivity contribution in [3.8, 4) is 5.75 Å². The van der Waals surface area contributed by atoms with E-state index in [1.165, 1.54) is 0 Å². The average Bonchev–Trinajstić information content (AvgIpc) is 2.49. The van der Waals surface area contributed by atoms with Crippen molar-refractivity contribution in [1.29, 1.82) is 0 Å². The lowest BCUT2D eigenvalue weighted by Gasteiger charge is -2.24. The zero-order valence-corrected chi connectivity index (χ0v) is 12.4. The maximum atomic E-state index is 11.9. The van der Waals surface area contributed by atoms with Gasteiger partial charge in [0.2, 0.25) is 5.91 Å². The summed E-state index contributed by atoms with van der Waals surface area (Å²) in [5.74, 6) is 0.820. The van der Waals surface area contributed by atoms with Crippen LogP contribution >= 0.6 is 0 Å². The molecule has 0 atom stereocenters. The summed E-state index contributed by atoms with van der Waals surface area (Å²) >= 11 is 0. The number of nitrogens with one attached hydrogen (secondary N) is 1. The minimum atomic E-state index is 0.0340. The highest BCUT2D eigenvalue weighted by atomic mass is 16.5. The summed E-state index contributed by atoms with van der Waals surface area (Å²) in [6.07, 6.45) is 1.78. The number of benzene rings is 1. The van der Waals surface area contributed by atoms with Gasteiger partial charge in [-0.25, -0.2) is 0 Å². The van der Waals surface area contributed by atoms with Gasteiger partial charge in [-0.2, -0.15) is 0 Å². The highest BCUT2D eigenvalue weighted by Crippen LogP contribution is 2.20. The number of amides is 1. The first-order valence-electron chi connectivity index (χ1n) is 7.07. The molecule has 1 aromatic carbocycles. The lowest BCUT2D eigenvalue weighted by atomic mass is 10.2. The van der Waals surface area contributed by atoms with Crippen LogP contribution in [0.25, 0.3) is 0 Å². The van der Waals surface area contributed by atoms with Crippen LogP contribution in [-0.2, 0) is 4.79 Å². The lowest BCUT2D eigenvalue weighted by Crippen LogP contribution is -2.38. The van der Waals surface area contributed by atoms with Crippen molar-refractivity contribution >= 4 is 11.6 Å². The first-order valence-corrected chi connectivity index (χ1v) is 7.07. The fourth-order valence-corrected chi connectivity index (χ4v) is 1.88. The van der Waals surface area contributed by atoms with Crippen LogP contribution in [-0.4, -0.2) is 39.2 Å². The Kier molecular flexibility index (Phi) is 7.50. The molecule has 5 nitrogen and oxygen atoms in total. The van der Waals surface area contributed by atoms with Crippen molar-refractivity contribution in [3.05, 3.63) is 24.3 Å². The molecule has 20 heavy (non-hydrogen) atoms. The number of ether oxygens (including phenoxy) is 1. The van der Waals surface area contributed by atoms with E-state index >= 15 is 0 Å². The van der Waals surface area contributed by atoms with Crippen LogP contribution in [0.2, 0.25) is 0 Å². The minimum absolute atomic E-state index is 0.0340. The number of hydrogen-bond acceptors (Lipinski definition) is 4. The first kappa shape index (κ1) is 16.3.